The van der Waals surface area contributed by atoms with Crippen molar-refractivity contribution in [2.24, 2.45) is 0 Å². The lowest BCUT2D eigenvalue weighted by molar-refractivity contribution is 0.715. The number of benzene rings is 1. The Labute approximate surface area is 95.8 Å². The van der Waals surface area contributed by atoms with Crippen LogP contribution in [0.3, 0.4) is 0 Å². The Morgan fingerprint density at radius 2 is 1.93 bits per heavy atom. The van der Waals surface area contributed by atoms with Gasteiger partial charge in [-0.05, 0) is 60.4 Å². The molecule has 1 aliphatic carbocycles. The van der Waals surface area contributed by atoms with Crippen LogP contribution in [0.25, 0.3) is 0 Å². The van der Waals surface area contributed by atoms with Crippen molar-refractivity contribution in [3.05, 3.63) is 42.0 Å². The Kier molecular flexibility index (Phi) is 3.93. The third kappa shape index (κ3) is 3.49. The van der Waals surface area contributed by atoms with Crippen molar-refractivity contribution in [2.75, 3.05) is 0 Å². The first-order valence-corrected chi connectivity index (χ1v) is 6.19. The molecule has 0 unspecified atom stereocenters. The van der Waals surface area contributed by atoms with Gasteiger partial charge in [0.2, 0.25) is 0 Å². The molecule has 0 heterocycles. The largest absolute Gasteiger partial charge is 0.0729 e. The van der Waals surface area contributed by atoms with E-state index < -0.39 is 0 Å². The Bertz CT molecular complexity index is 392. The van der Waals surface area contributed by atoms with E-state index >= 15 is 0 Å². The van der Waals surface area contributed by atoms with Gasteiger partial charge in [0.25, 0.3) is 0 Å². The minimum absolute atomic E-state index is 1.17. The van der Waals surface area contributed by atoms with E-state index in [0.29, 0.717) is 0 Å². The molecular formula is C14H14S. The molecule has 1 aromatic carbocycles. The van der Waals surface area contributed by atoms with Crippen molar-refractivity contribution >= 4 is 11.8 Å². The molecule has 0 atom stereocenters. The first kappa shape index (κ1) is 10.4. The predicted molar refractivity (Wildman–Crippen MR) is 66.6 cm³/mol. The van der Waals surface area contributed by atoms with Gasteiger partial charge in [0.15, 0.2) is 0 Å². The molecule has 0 fully saturated rings. The van der Waals surface area contributed by atoms with Crippen LogP contribution in [0.4, 0.5) is 0 Å². The van der Waals surface area contributed by atoms with Crippen molar-refractivity contribution < 1.29 is 0 Å². The maximum atomic E-state index is 3.24. The second-order valence-electron chi connectivity index (χ2n) is 3.62. The van der Waals surface area contributed by atoms with Crippen LogP contribution in [0.15, 0.2) is 46.9 Å². The Balaban J connectivity index is 1.93. The molecule has 0 nitrogen and oxygen atoms in total. The molecule has 0 aromatic heterocycles. The second kappa shape index (κ2) is 5.68. The van der Waals surface area contributed by atoms with Crippen LogP contribution in [0.2, 0.25) is 0 Å². The highest BCUT2D eigenvalue weighted by Crippen LogP contribution is 2.18. The van der Waals surface area contributed by atoms with Crippen LogP contribution >= 0.6 is 11.8 Å². The molecule has 1 heteroatoms. The lowest BCUT2D eigenvalue weighted by Gasteiger charge is -2.05. The monoisotopic (exact) mass is 214 g/mol. The molecule has 1 aliphatic rings. The highest BCUT2D eigenvalue weighted by Gasteiger charge is 1.99. The predicted octanol–water partition coefficient (Wildman–Crippen LogP) is 4.24. The standard InChI is InChI=1S/C14H14S/c1-3-7-13(8-4-1)11-12-15-14-9-5-2-6-10-14/h2,5-7,9-10H,1,3-4,8H2. The van der Waals surface area contributed by atoms with Gasteiger partial charge in [0.05, 0.1) is 0 Å². The van der Waals surface area contributed by atoms with E-state index in [9.17, 15) is 0 Å². The Hall–Kier alpha value is -1.13. The van der Waals surface area contributed by atoms with E-state index in [0.717, 1.165) is 0 Å². The van der Waals surface area contributed by atoms with Crippen LogP contribution in [0.1, 0.15) is 25.7 Å². The van der Waals surface area contributed by atoms with Gasteiger partial charge in [-0.1, -0.05) is 30.2 Å². The molecule has 0 bridgehead atoms. The Morgan fingerprint density at radius 3 is 2.67 bits per heavy atom. The summed E-state index contributed by atoms with van der Waals surface area (Å²) >= 11 is 1.61. The second-order valence-corrected chi connectivity index (χ2v) is 4.50. The average molecular weight is 214 g/mol. The highest BCUT2D eigenvalue weighted by molar-refractivity contribution is 8.03. The highest BCUT2D eigenvalue weighted by atomic mass is 32.2. The molecule has 0 aliphatic heterocycles. The average Bonchev–Trinajstić information content (AvgIpc) is 2.32. The van der Waals surface area contributed by atoms with Crippen molar-refractivity contribution in [2.45, 2.75) is 30.6 Å². The fourth-order valence-electron chi connectivity index (χ4n) is 1.59. The third-order valence-electron chi connectivity index (χ3n) is 2.41. The summed E-state index contributed by atoms with van der Waals surface area (Å²) in [5.74, 6) is 3.24. The van der Waals surface area contributed by atoms with Gasteiger partial charge < -0.3 is 0 Å². The lowest BCUT2D eigenvalue weighted by atomic mass is 10.0. The number of rotatable bonds is 1. The molecular weight excluding hydrogens is 200 g/mol. The lowest BCUT2D eigenvalue weighted by Crippen LogP contribution is -1.87. The molecule has 2 rings (SSSR count). The number of allylic oxidation sites excluding steroid dienone is 2. The zero-order valence-corrected chi connectivity index (χ0v) is 9.52. The first-order valence-electron chi connectivity index (χ1n) is 5.37. The van der Waals surface area contributed by atoms with Gasteiger partial charge in [-0.15, -0.1) is 0 Å². The smallest absolute Gasteiger partial charge is 0.0203 e. The molecule has 0 amide bonds. The third-order valence-corrected chi connectivity index (χ3v) is 3.13. The van der Waals surface area contributed by atoms with Crippen molar-refractivity contribution in [1.82, 2.24) is 0 Å². The normalized spacial score (nSPS) is 15.1. The topological polar surface area (TPSA) is 0 Å². The zero-order valence-electron chi connectivity index (χ0n) is 8.70. The van der Waals surface area contributed by atoms with E-state index in [4.69, 9.17) is 0 Å². The number of hydrogen-bond acceptors (Lipinski definition) is 1. The van der Waals surface area contributed by atoms with E-state index in [1.54, 1.807) is 11.8 Å². The minimum atomic E-state index is 1.17. The minimum Gasteiger partial charge on any atom is -0.0729 e. The van der Waals surface area contributed by atoms with Crippen LogP contribution in [0.5, 0.6) is 0 Å². The van der Waals surface area contributed by atoms with E-state index in [-0.39, 0.29) is 0 Å². The van der Waals surface area contributed by atoms with E-state index in [1.165, 1.54) is 36.2 Å². The molecule has 0 saturated carbocycles. The fraction of sp³-hybridized carbons (Fsp3) is 0.286. The molecule has 76 valence electrons. The van der Waals surface area contributed by atoms with Crippen LogP contribution in [-0.4, -0.2) is 0 Å². The van der Waals surface area contributed by atoms with Crippen LogP contribution in [-0.2, 0) is 0 Å². The zero-order chi connectivity index (χ0) is 10.3. The van der Waals surface area contributed by atoms with Gasteiger partial charge in [0, 0.05) is 4.90 Å². The molecule has 15 heavy (non-hydrogen) atoms. The molecule has 1 aromatic rings. The molecule has 0 radical (unpaired) electrons. The quantitative estimate of drug-likeness (QED) is 0.497. The maximum absolute atomic E-state index is 3.24. The van der Waals surface area contributed by atoms with Gasteiger partial charge >= 0.3 is 0 Å². The van der Waals surface area contributed by atoms with Crippen molar-refractivity contribution in [3.8, 4) is 11.2 Å². The van der Waals surface area contributed by atoms with Crippen molar-refractivity contribution in [3.63, 3.8) is 0 Å². The summed E-state index contributed by atoms with van der Waals surface area (Å²) in [7, 11) is 0. The first-order chi connectivity index (χ1) is 7.45. The van der Waals surface area contributed by atoms with Gasteiger partial charge in [-0.2, -0.15) is 0 Å². The Morgan fingerprint density at radius 1 is 1.07 bits per heavy atom. The van der Waals surface area contributed by atoms with Crippen LogP contribution in [0, 0.1) is 11.2 Å². The molecule has 0 N–H and O–H groups in total. The number of hydrogen-bond donors (Lipinski definition) is 0. The van der Waals surface area contributed by atoms with Crippen LogP contribution < -0.4 is 0 Å². The summed E-state index contributed by atoms with van der Waals surface area (Å²) in [5.41, 5.74) is 1.32. The van der Waals surface area contributed by atoms with Gasteiger partial charge in [0.1, 0.15) is 0 Å². The summed E-state index contributed by atoms with van der Waals surface area (Å²) in [4.78, 5) is 1.22. The van der Waals surface area contributed by atoms with Gasteiger partial charge in [-0.3, -0.25) is 0 Å². The maximum Gasteiger partial charge on any atom is 0.0203 e. The summed E-state index contributed by atoms with van der Waals surface area (Å²) in [6, 6.07) is 10.3. The molecule has 0 saturated heterocycles. The van der Waals surface area contributed by atoms with Gasteiger partial charge in [-0.25, -0.2) is 0 Å². The molecule has 0 spiro atoms. The summed E-state index contributed by atoms with van der Waals surface area (Å²) < 4.78 is 0. The van der Waals surface area contributed by atoms with Crippen molar-refractivity contribution in [1.29, 1.82) is 0 Å². The SMILES string of the molecule is C(#CC1=CCCCC1)Sc1ccccc1. The van der Waals surface area contributed by atoms with E-state index in [1.807, 2.05) is 18.2 Å². The summed E-state index contributed by atoms with van der Waals surface area (Å²) in [5, 5.41) is 3.17. The summed E-state index contributed by atoms with van der Waals surface area (Å²) in [6.07, 6.45) is 7.29. The number of thioether (sulfide) groups is 1. The van der Waals surface area contributed by atoms with E-state index in [2.05, 4.69) is 29.4 Å². The summed E-state index contributed by atoms with van der Waals surface area (Å²) in [6.45, 7) is 0. The fourth-order valence-corrected chi connectivity index (χ4v) is 2.18.